The Morgan fingerprint density at radius 1 is 1.47 bits per heavy atom. The van der Waals surface area contributed by atoms with E-state index in [4.69, 9.17) is 5.26 Å². The predicted molar refractivity (Wildman–Crippen MR) is 58.2 cm³/mol. The molecule has 86 valence electrons. The Bertz CT molecular complexity index is 251. The molecule has 0 amide bonds. The van der Waals surface area contributed by atoms with Crippen LogP contribution in [-0.4, -0.2) is 10.2 Å². The van der Waals surface area contributed by atoms with Crippen LogP contribution in [0.2, 0.25) is 0 Å². The molecule has 0 rings (SSSR count). The smallest absolute Gasteiger partial charge is 0.258 e. The van der Waals surface area contributed by atoms with E-state index < -0.39 is 4.92 Å². The second-order valence-electron chi connectivity index (χ2n) is 1.64. The van der Waals surface area contributed by atoms with Crippen molar-refractivity contribution in [2.75, 3.05) is 0 Å². The summed E-state index contributed by atoms with van der Waals surface area (Å²) in [5.74, 6) is 0. The van der Waals surface area contributed by atoms with E-state index in [1.54, 1.807) is 0 Å². The number of allylic oxidation sites excluding steroid dienone is 2. The molecule has 6 nitrogen and oxygen atoms in total. The van der Waals surface area contributed by atoms with Crippen molar-refractivity contribution in [3.8, 4) is 0 Å². The first-order valence-corrected chi connectivity index (χ1v) is 4.69. The zero-order valence-corrected chi connectivity index (χ0v) is 9.32. The normalized spacial score (nSPS) is 10.6. The molecule has 0 aromatic rings. The summed E-state index contributed by atoms with van der Waals surface area (Å²) in [5.41, 5.74) is -0.281. The lowest BCUT2D eigenvalue weighted by Gasteiger charge is -1.97. The largest absolute Gasteiger partial charge is 0.284 e. The van der Waals surface area contributed by atoms with Gasteiger partial charge in [0.05, 0.1) is 17.0 Å². The Kier molecular flexibility index (Phi) is 11.9. The van der Waals surface area contributed by atoms with Crippen LogP contribution in [0, 0.1) is 10.1 Å². The van der Waals surface area contributed by atoms with Crippen LogP contribution in [-0.2, 0) is 9.37 Å². The van der Waals surface area contributed by atoms with Crippen molar-refractivity contribution in [2.24, 2.45) is 0 Å². The van der Waals surface area contributed by atoms with E-state index in [0.29, 0.717) is 12.0 Å². The van der Waals surface area contributed by atoms with Crippen LogP contribution in [0.1, 0.15) is 13.8 Å². The third kappa shape index (κ3) is 6.86. The van der Waals surface area contributed by atoms with Crippen LogP contribution < -0.4 is 0 Å². The molecule has 0 heterocycles. The van der Waals surface area contributed by atoms with Crippen molar-refractivity contribution < 1.29 is 19.6 Å². The van der Waals surface area contributed by atoms with Crippen molar-refractivity contribution >= 4 is 12.0 Å². The SMILES string of the molecule is C=C/C(SOOO)=C(\C=C)[N+](=O)[O-].CC. The van der Waals surface area contributed by atoms with Crippen LogP contribution in [0.4, 0.5) is 0 Å². The second kappa shape index (κ2) is 10.9. The summed E-state index contributed by atoms with van der Waals surface area (Å²) in [4.78, 5) is 9.77. The van der Waals surface area contributed by atoms with Gasteiger partial charge in [-0.25, -0.2) is 5.26 Å². The minimum absolute atomic E-state index is 0.0778. The Morgan fingerprint density at radius 2 is 2.00 bits per heavy atom. The van der Waals surface area contributed by atoms with Gasteiger partial charge >= 0.3 is 0 Å². The minimum atomic E-state index is -0.655. The Labute approximate surface area is 92.1 Å². The summed E-state index contributed by atoms with van der Waals surface area (Å²) >= 11 is 0.459. The summed E-state index contributed by atoms with van der Waals surface area (Å²) in [7, 11) is 0. The molecule has 0 atom stereocenters. The number of nitrogens with zero attached hydrogens (tertiary/aromatic N) is 1. The van der Waals surface area contributed by atoms with Gasteiger partial charge in [0.15, 0.2) is 0 Å². The Morgan fingerprint density at radius 3 is 2.27 bits per heavy atom. The Balaban J connectivity index is 0. The Hall–Kier alpha value is -1.15. The molecule has 0 bridgehead atoms. The molecule has 0 saturated heterocycles. The molecule has 0 unspecified atom stereocenters. The molecular formula is C8H13NO5S. The highest BCUT2D eigenvalue weighted by atomic mass is 32.2. The standard InChI is InChI=1S/C6H7NO5S.C2H6/c1-3-5(7(8)9)6(4-2)13-12-11-10;1-2/h3-4,10H,1-2H2;1-2H3/b6-5-;. The summed E-state index contributed by atoms with van der Waals surface area (Å²) in [6.07, 6.45) is 2.22. The van der Waals surface area contributed by atoms with Crippen LogP contribution in [0.5, 0.6) is 0 Å². The monoisotopic (exact) mass is 235 g/mol. The van der Waals surface area contributed by atoms with Crippen molar-refractivity contribution in [3.63, 3.8) is 0 Å². The first kappa shape index (κ1) is 16.3. The molecule has 7 heteroatoms. The molecule has 0 aromatic carbocycles. The highest BCUT2D eigenvalue weighted by Gasteiger charge is 2.13. The van der Waals surface area contributed by atoms with Gasteiger partial charge in [0.1, 0.15) is 4.91 Å². The maximum absolute atomic E-state index is 10.4. The topological polar surface area (TPSA) is 81.8 Å². The summed E-state index contributed by atoms with van der Waals surface area (Å²) in [5, 5.41) is 21.4. The number of rotatable bonds is 6. The molecular weight excluding hydrogens is 222 g/mol. The molecule has 15 heavy (non-hydrogen) atoms. The van der Waals surface area contributed by atoms with E-state index in [0.717, 1.165) is 6.08 Å². The van der Waals surface area contributed by atoms with Gasteiger partial charge in [0.2, 0.25) is 0 Å². The average Bonchev–Trinajstić information content (AvgIpc) is 2.26. The van der Waals surface area contributed by atoms with Gasteiger partial charge in [-0.05, 0) is 6.08 Å². The molecule has 1 N–H and O–H groups in total. The van der Waals surface area contributed by atoms with E-state index >= 15 is 0 Å². The first-order chi connectivity index (χ1) is 7.17. The second-order valence-corrected chi connectivity index (χ2v) is 2.38. The third-order valence-electron chi connectivity index (χ3n) is 0.982. The highest BCUT2D eigenvalue weighted by molar-refractivity contribution is 7.98. The van der Waals surface area contributed by atoms with Gasteiger partial charge in [0, 0.05) is 6.08 Å². The quantitative estimate of drug-likeness (QED) is 0.250. The fourth-order valence-electron chi connectivity index (χ4n) is 0.498. The van der Waals surface area contributed by atoms with Gasteiger partial charge in [-0.2, -0.15) is 0 Å². The fourth-order valence-corrected chi connectivity index (χ4v) is 0.913. The fraction of sp³-hybridized carbons (Fsp3) is 0.250. The van der Waals surface area contributed by atoms with Gasteiger partial charge in [0.25, 0.3) is 5.70 Å². The van der Waals surface area contributed by atoms with E-state index in [1.807, 2.05) is 13.8 Å². The molecule has 0 aliphatic carbocycles. The average molecular weight is 235 g/mol. The van der Waals surface area contributed by atoms with Crippen LogP contribution >= 0.6 is 12.0 Å². The lowest BCUT2D eigenvalue weighted by atomic mass is 10.4. The molecule has 0 spiro atoms. The molecule has 0 fully saturated rings. The highest BCUT2D eigenvalue weighted by Crippen LogP contribution is 2.22. The van der Waals surface area contributed by atoms with Crippen LogP contribution in [0.15, 0.2) is 35.9 Å². The molecule has 0 saturated carbocycles. The third-order valence-corrected chi connectivity index (χ3v) is 1.67. The molecule has 0 aliphatic rings. The van der Waals surface area contributed by atoms with E-state index in [1.165, 1.54) is 6.08 Å². The minimum Gasteiger partial charge on any atom is -0.258 e. The summed E-state index contributed by atoms with van der Waals surface area (Å²) in [6, 6.07) is 0. The number of hydrogen-bond donors (Lipinski definition) is 1. The van der Waals surface area contributed by atoms with Gasteiger partial charge in [-0.1, -0.05) is 32.0 Å². The van der Waals surface area contributed by atoms with Gasteiger partial charge in [-0.3, -0.25) is 10.1 Å². The lowest BCUT2D eigenvalue weighted by molar-refractivity contribution is -0.432. The van der Waals surface area contributed by atoms with Crippen molar-refractivity contribution in [1.29, 1.82) is 0 Å². The molecule has 0 radical (unpaired) electrons. The summed E-state index contributed by atoms with van der Waals surface area (Å²) in [6.45, 7) is 10.6. The summed E-state index contributed by atoms with van der Waals surface area (Å²) < 4.78 is 4.01. The van der Waals surface area contributed by atoms with E-state index in [-0.39, 0.29) is 10.6 Å². The molecule has 0 aliphatic heterocycles. The van der Waals surface area contributed by atoms with Crippen molar-refractivity contribution in [1.82, 2.24) is 0 Å². The maximum atomic E-state index is 10.4. The maximum Gasteiger partial charge on any atom is 0.284 e. The van der Waals surface area contributed by atoms with Crippen molar-refractivity contribution in [3.05, 3.63) is 46.0 Å². The van der Waals surface area contributed by atoms with Crippen LogP contribution in [0.3, 0.4) is 0 Å². The lowest BCUT2D eigenvalue weighted by Crippen LogP contribution is -1.98. The van der Waals surface area contributed by atoms with Crippen LogP contribution in [0.25, 0.3) is 0 Å². The van der Waals surface area contributed by atoms with E-state index in [9.17, 15) is 10.1 Å². The first-order valence-electron chi connectivity index (χ1n) is 3.95. The van der Waals surface area contributed by atoms with Crippen molar-refractivity contribution in [2.45, 2.75) is 13.8 Å². The predicted octanol–water partition coefficient (Wildman–Crippen LogP) is 2.94. The van der Waals surface area contributed by atoms with Gasteiger partial charge < -0.3 is 0 Å². The zero-order valence-electron chi connectivity index (χ0n) is 8.50. The number of hydrogen-bond acceptors (Lipinski definition) is 6. The number of nitro groups is 1. The molecule has 0 aromatic heterocycles. The zero-order chi connectivity index (χ0) is 12.3. The van der Waals surface area contributed by atoms with Gasteiger partial charge in [-0.15, -0.1) is 4.33 Å². The van der Waals surface area contributed by atoms with E-state index in [2.05, 4.69) is 22.5 Å².